The van der Waals surface area contributed by atoms with Crippen molar-refractivity contribution in [3.05, 3.63) is 35.4 Å². The van der Waals surface area contributed by atoms with Crippen molar-refractivity contribution in [2.75, 3.05) is 20.1 Å². The quantitative estimate of drug-likeness (QED) is 0.775. The zero-order valence-electron chi connectivity index (χ0n) is 11.3. The van der Waals surface area contributed by atoms with Crippen LogP contribution in [0.25, 0.3) is 0 Å². The third-order valence-corrected chi connectivity index (χ3v) is 3.15. The maximum absolute atomic E-state index is 11.0. The molecule has 0 amide bonds. The minimum atomic E-state index is -0.853. The Morgan fingerprint density at radius 2 is 1.83 bits per heavy atom. The van der Waals surface area contributed by atoms with Gasteiger partial charge in [-0.15, -0.1) is 0 Å². The SMILES string of the molecule is CCN(CC)Cc1ccc(C(NC)C(=O)O)cc1. The molecule has 0 spiro atoms. The first-order valence-electron chi connectivity index (χ1n) is 6.33. The molecule has 0 saturated heterocycles. The summed E-state index contributed by atoms with van der Waals surface area (Å²) in [5.41, 5.74) is 2.00. The topological polar surface area (TPSA) is 52.6 Å². The zero-order chi connectivity index (χ0) is 13.5. The first-order valence-corrected chi connectivity index (χ1v) is 6.33. The van der Waals surface area contributed by atoms with Gasteiger partial charge in [0, 0.05) is 6.54 Å². The Balaban J connectivity index is 2.76. The van der Waals surface area contributed by atoms with Crippen molar-refractivity contribution >= 4 is 5.97 Å². The molecule has 1 aromatic rings. The van der Waals surface area contributed by atoms with Crippen molar-refractivity contribution < 1.29 is 9.90 Å². The van der Waals surface area contributed by atoms with E-state index in [9.17, 15) is 4.79 Å². The van der Waals surface area contributed by atoms with Crippen LogP contribution in [-0.4, -0.2) is 36.1 Å². The van der Waals surface area contributed by atoms with E-state index in [1.54, 1.807) is 7.05 Å². The van der Waals surface area contributed by atoms with Crippen LogP contribution in [0.4, 0.5) is 0 Å². The first kappa shape index (κ1) is 14.7. The lowest BCUT2D eigenvalue weighted by atomic mass is 10.0. The summed E-state index contributed by atoms with van der Waals surface area (Å²) in [6.45, 7) is 7.22. The molecule has 0 aromatic heterocycles. The Bertz CT molecular complexity index is 372. The highest BCUT2D eigenvalue weighted by atomic mass is 16.4. The number of benzene rings is 1. The van der Waals surface area contributed by atoms with Crippen LogP contribution in [0.15, 0.2) is 24.3 Å². The van der Waals surface area contributed by atoms with Crippen molar-refractivity contribution in [2.45, 2.75) is 26.4 Å². The van der Waals surface area contributed by atoms with E-state index in [4.69, 9.17) is 5.11 Å². The minimum Gasteiger partial charge on any atom is -0.480 e. The van der Waals surface area contributed by atoms with Crippen molar-refractivity contribution in [2.24, 2.45) is 0 Å². The molecule has 1 aromatic carbocycles. The van der Waals surface area contributed by atoms with Crippen LogP contribution in [0.3, 0.4) is 0 Å². The van der Waals surface area contributed by atoms with Crippen molar-refractivity contribution in [3.63, 3.8) is 0 Å². The number of nitrogens with one attached hydrogen (secondary N) is 1. The van der Waals surface area contributed by atoms with E-state index in [2.05, 4.69) is 24.1 Å². The highest BCUT2D eigenvalue weighted by molar-refractivity contribution is 5.75. The summed E-state index contributed by atoms with van der Waals surface area (Å²) in [5.74, 6) is -0.853. The number of likely N-dealkylation sites (N-methyl/N-ethyl adjacent to an activating group) is 1. The lowest BCUT2D eigenvalue weighted by Crippen LogP contribution is -2.25. The normalized spacial score (nSPS) is 12.7. The van der Waals surface area contributed by atoms with Crippen LogP contribution >= 0.6 is 0 Å². The Labute approximate surface area is 109 Å². The molecule has 0 aliphatic rings. The van der Waals surface area contributed by atoms with Gasteiger partial charge in [-0.25, -0.2) is 0 Å². The maximum atomic E-state index is 11.0. The van der Waals surface area contributed by atoms with Crippen LogP contribution in [0, 0.1) is 0 Å². The second-order valence-corrected chi connectivity index (χ2v) is 4.26. The largest absolute Gasteiger partial charge is 0.480 e. The predicted molar refractivity (Wildman–Crippen MR) is 72.5 cm³/mol. The van der Waals surface area contributed by atoms with Crippen molar-refractivity contribution in [1.29, 1.82) is 0 Å². The number of hydrogen-bond donors (Lipinski definition) is 2. The smallest absolute Gasteiger partial charge is 0.325 e. The zero-order valence-corrected chi connectivity index (χ0v) is 11.3. The summed E-state index contributed by atoms with van der Waals surface area (Å²) in [6, 6.07) is 7.14. The average molecular weight is 250 g/mol. The van der Waals surface area contributed by atoms with Gasteiger partial charge in [0.05, 0.1) is 0 Å². The molecular weight excluding hydrogens is 228 g/mol. The van der Waals surface area contributed by atoms with Gasteiger partial charge in [0.15, 0.2) is 0 Å². The van der Waals surface area contributed by atoms with Gasteiger partial charge < -0.3 is 10.4 Å². The molecule has 1 rings (SSSR count). The molecule has 0 heterocycles. The Hall–Kier alpha value is -1.39. The molecule has 0 aliphatic carbocycles. The molecular formula is C14H22N2O2. The predicted octanol–water partition coefficient (Wildman–Crippen LogP) is 1.87. The van der Waals surface area contributed by atoms with Gasteiger partial charge in [-0.05, 0) is 31.3 Å². The summed E-state index contributed by atoms with van der Waals surface area (Å²) >= 11 is 0. The summed E-state index contributed by atoms with van der Waals surface area (Å²) in [5, 5.41) is 11.8. The summed E-state index contributed by atoms with van der Waals surface area (Å²) in [6.07, 6.45) is 0. The first-order chi connectivity index (χ1) is 8.62. The van der Waals surface area contributed by atoms with Gasteiger partial charge in [0.25, 0.3) is 0 Å². The maximum Gasteiger partial charge on any atom is 0.325 e. The van der Waals surface area contributed by atoms with E-state index in [0.717, 1.165) is 25.2 Å². The van der Waals surface area contributed by atoms with E-state index < -0.39 is 12.0 Å². The number of rotatable bonds is 7. The molecule has 1 atom stereocenters. The second kappa shape index (κ2) is 7.13. The molecule has 4 heteroatoms. The number of carboxylic acid groups (broad SMARTS) is 1. The minimum absolute atomic E-state index is 0.632. The molecule has 4 nitrogen and oxygen atoms in total. The second-order valence-electron chi connectivity index (χ2n) is 4.26. The van der Waals surface area contributed by atoms with E-state index in [-0.39, 0.29) is 0 Å². The van der Waals surface area contributed by atoms with Crippen molar-refractivity contribution in [3.8, 4) is 0 Å². The van der Waals surface area contributed by atoms with E-state index >= 15 is 0 Å². The highest BCUT2D eigenvalue weighted by Gasteiger charge is 2.16. The lowest BCUT2D eigenvalue weighted by molar-refractivity contribution is -0.139. The van der Waals surface area contributed by atoms with Gasteiger partial charge >= 0.3 is 5.97 Å². The van der Waals surface area contributed by atoms with Crippen LogP contribution in [0.2, 0.25) is 0 Å². The third-order valence-electron chi connectivity index (χ3n) is 3.15. The van der Waals surface area contributed by atoms with Gasteiger partial charge in [-0.1, -0.05) is 38.1 Å². The molecule has 0 fully saturated rings. The summed E-state index contributed by atoms with van der Waals surface area (Å²) in [4.78, 5) is 13.3. The van der Waals surface area contributed by atoms with E-state index in [1.165, 1.54) is 5.56 Å². The monoisotopic (exact) mass is 250 g/mol. The van der Waals surface area contributed by atoms with Crippen molar-refractivity contribution in [1.82, 2.24) is 10.2 Å². The molecule has 0 bridgehead atoms. The number of nitrogens with zero attached hydrogens (tertiary/aromatic N) is 1. The average Bonchev–Trinajstić information content (AvgIpc) is 2.38. The van der Waals surface area contributed by atoms with Gasteiger partial charge in [0.2, 0.25) is 0 Å². The summed E-state index contributed by atoms with van der Waals surface area (Å²) < 4.78 is 0. The molecule has 100 valence electrons. The van der Waals surface area contributed by atoms with E-state index in [0.29, 0.717) is 0 Å². The number of carboxylic acids is 1. The molecule has 1 unspecified atom stereocenters. The fraction of sp³-hybridized carbons (Fsp3) is 0.500. The third kappa shape index (κ3) is 3.82. The van der Waals surface area contributed by atoms with Gasteiger partial charge in [-0.3, -0.25) is 9.69 Å². The van der Waals surface area contributed by atoms with Gasteiger partial charge in [-0.2, -0.15) is 0 Å². The van der Waals surface area contributed by atoms with Gasteiger partial charge in [0.1, 0.15) is 6.04 Å². The molecule has 18 heavy (non-hydrogen) atoms. The van der Waals surface area contributed by atoms with Crippen LogP contribution < -0.4 is 5.32 Å². The Morgan fingerprint density at radius 3 is 2.22 bits per heavy atom. The standard InChI is InChI=1S/C14H22N2O2/c1-4-16(5-2)10-11-6-8-12(9-7-11)13(15-3)14(17)18/h6-9,13,15H,4-5,10H2,1-3H3,(H,17,18). The highest BCUT2D eigenvalue weighted by Crippen LogP contribution is 2.15. The Morgan fingerprint density at radius 1 is 1.28 bits per heavy atom. The van der Waals surface area contributed by atoms with Crippen LogP contribution in [0.1, 0.15) is 31.0 Å². The lowest BCUT2D eigenvalue weighted by Gasteiger charge is -2.18. The van der Waals surface area contributed by atoms with Crippen LogP contribution in [-0.2, 0) is 11.3 Å². The van der Waals surface area contributed by atoms with Crippen LogP contribution in [0.5, 0.6) is 0 Å². The molecule has 0 saturated carbocycles. The number of aliphatic carboxylic acids is 1. The molecule has 0 aliphatic heterocycles. The van der Waals surface area contributed by atoms with E-state index in [1.807, 2.05) is 24.3 Å². The number of carbonyl (C=O) groups is 1. The number of hydrogen-bond acceptors (Lipinski definition) is 3. The fourth-order valence-corrected chi connectivity index (χ4v) is 1.95. The summed E-state index contributed by atoms with van der Waals surface area (Å²) in [7, 11) is 1.66. The fourth-order valence-electron chi connectivity index (χ4n) is 1.95. The Kier molecular flexibility index (Phi) is 5.82. The molecule has 2 N–H and O–H groups in total. The molecule has 0 radical (unpaired) electrons.